The summed E-state index contributed by atoms with van der Waals surface area (Å²) in [6.45, 7) is 6.79. The van der Waals surface area contributed by atoms with Gasteiger partial charge in [0.2, 0.25) is 0 Å². The smallest absolute Gasteiger partial charge is 0.345 e. The van der Waals surface area contributed by atoms with Crippen LogP contribution in [0.2, 0.25) is 0 Å². The predicted octanol–water partition coefficient (Wildman–Crippen LogP) is 2.35. The third-order valence-electron chi connectivity index (χ3n) is 2.74. The maximum absolute atomic E-state index is 11.9. The van der Waals surface area contributed by atoms with Crippen LogP contribution in [-0.2, 0) is 4.74 Å². The number of carbonyl (C=O) groups is 2. The Morgan fingerprint density at radius 1 is 1.32 bits per heavy atom. The van der Waals surface area contributed by atoms with Crippen LogP contribution in [0.25, 0.3) is 0 Å². The first-order valence-electron chi connectivity index (χ1n) is 5.70. The van der Waals surface area contributed by atoms with Gasteiger partial charge in [0.15, 0.2) is 17.3 Å². The number of hydrogen-bond acceptors (Lipinski definition) is 5. The number of rotatable bonds is 3. The molecule has 0 saturated carbocycles. The molecule has 0 spiro atoms. The standard InChI is InChI=1S/C14H14O5/c1-7(2)14-18-12-10(13(16)19-14)5-9(8(3)15)6-11(12)17-4/h5-6,14H,1H2,2-4H3. The largest absolute Gasteiger partial charge is 0.493 e. The first-order chi connectivity index (χ1) is 8.93. The Hall–Kier alpha value is -2.30. The van der Waals surface area contributed by atoms with Crippen molar-refractivity contribution in [1.82, 2.24) is 0 Å². The number of benzene rings is 1. The molecule has 5 nitrogen and oxygen atoms in total. The van der Waals surface area contributed by atoms with Crippen molar-refractivity contribution in [3.05, 3.63) is 35.4 Å². The maximum atomic E-state index is 11.9. The highest BCUT2D eigenvalue weighted by Gasteiger charge is 2.31. The average molecular weight is 262 g/mol. The molecule has 0 radical (unpaired) electrons. The molecule has 1 unspecified atom stereocenters. The van der Waals surface area contributed by atoms with Crippen molar-refractivity contribution < 1.29 is 23.8 Å². The number of esters is 1. The van der Waals surface area contributed by atoms with Gasteiger partial charge in [0.1, 0.15) is 5.56 Å². The van der Waals surface area contributed by atoms with Gasteiger partial charge in [0.25, 0.3) is 6.29 Å². The molecular weight excluding hydrogens is 248 g/mol. The first-order valence-corrected chi connectivity index (χ1v) is 5.70. The van der Waals surface area contributed by atoms with Gasteiger partial charge in [-0.2, -0.15) is 0 Å². The quantitative estimate of drug-likeness (QED) is 0.475. The van der Waals surface area contributed by atoms with E-state index in [0.717, 1.165) is 0 Å². The van der Waals surface area contributed by atoms with Crippen LogP contribution in [0, 0.1) is 0 Å². The second kappa shape index (κ2) is 4.76. The lowest BCUT2D eigenvalue weighted by Gasteiger charge is -2.27. The van der Waals surface area contributed by atoms with E-state index in [1.54, 1.807) is 6.92 Å². The minimum absolute atomic E-state index is 0.170. The Kier molecular flexibility index (Phi) is 3.29. The van der Waals surface area contributed by atoms with E-state index in [-0.39, 0.29) is 17.1 Å². The Labute approximate surface area is 110 Å². The summed E-state index contributed by atoms with van der Waals surface area (Å²) in [5, 5.41) is 0. The molecule has 1 atom stereocenters. The number of ketones is 1. The highest BCUT2D eigenvalue weighted by atomic mass is 16.7. The summed E-state index contributed by atoms with van der Waals surface area (Å²) in [6.07, 6.45) is -0.836. The average Bonchev–Trinajstić information content (AvgIpc) is 2.37. The fraction of sp³-hybridized carbons (Fsp3) is 0.286. The van der Waals surface area contributed by atoms with Crippen LogP contribution in [0.5, 0.6) is 11.5 Å². The summed E-state index contributed by atoms with van der Waals surface area (Å²) in [5.41, 5.74) is 1.11. The van der Waals surface area contributed by atoms with Crippen molar-refractivity contribution in [1.29, 1.82) is 0 Å². The molecule has 0 saturated heterocycles. The van der Waals surface area contributed by atoms with Gasteiger partial charge in [0, 0.05) is 11.1 Å². The second-order valence-corrected chi connectivity index (χ2v) is 4.31. The van der Waals surface area contributed by atoms with Crippen molar-refractivity contribution in [3.63, 3.8) is 0 Å². The Morgan fingerprint density at radius 2 is 2.00 bits per heavy atom. The minimum Gasteiger partial charge on any atom is -0.493 e. The van der Waals surface area contributed by atoms with Crippen LogP contribution < -0.4 is 9.47 Å². The van der Waals surface area contributed by atoms with Gasteiger partial charge in [-0.1, -0.05) is 6.58 Å². The molecule has 100 valence electrons. The monoisotopic (exact) mass is 262 g/mol. The molecule has 0 aliphatic carbocycles. The van der Waals surface area contributed by atoms with Crippen LogP contribution in [0.3, 0.4) is 0 Å². The molecule has 0 aromatic heterocycles. The zero-order valence-corrected chi connectivity index (χ0v) is 11.0. The fourth-order valence-electron chi connectivity index (χ4n) is 1.72. The van der Waals surface area contributed by atoms with Crippen LogP contribution in [0.4, 0.5) is 0 Å². The Morgan fingerprint density at radius 3 is 2.53 bits per heavy atom. The topological polar surface area (TPSA) is 61.8 Å². The molecule has 1 heterocycles. The number of cyclic esters (lactones) is 1. The van der Waals surface area contributed by atoms with Gasteiger partial charge in [-0.05, 0) is 26.0 Å². The van der Waals surface area contributed by atoms with E-state index in [9.17, 15) is 9.59 Å². The minimum atomic E-state index is -0.836. The highest BCUT2D eigenvalue weighted by Crippen LogP contribution is 2.38. The van der Waals surface area contributed by atoms with E-state index in [4.69, 9.17) is 14.2 Å². The van der Waals surface area contributed by atoms with Gasteiger partial charge in [-0.15, -0.1) is 0 Å². The van der Waals surface area contributed by atoms with Crippen molar-refractivity contribution in [2.24, 2.45) is 0 Å². The van der Waals surface area contributed by atoms with Gasteiger partial charge in [0.05, 0.1) is 7.11 Å². The Balaban J connectivity index is 2.56. The van der Waals surface area contributed by atoms with Crippen LogP contribution in [0.15, 0.2) is 24.3 Å². The summed E-state index contributed by atoms with van der Waals surface area (Å²) >= 11 is 0. The summed E-state index contributed by atoms with van der Waals surface area (Å²) in [5.74, 6) is -0.131. The molecule has 0 N–H and O–H groups in total. The number of Topliss-reactive ketones (excluding diaryl/α,β-unsaturated/α-hetero) is 1. The zero-order chi connectivity index (χ0) is 14.2. The molecular formula is C14H14O5. The number of hydrogen-bond donors (Lipinski definition) is 0. The summed E-state index contributed by atoms with van der Waals surface area (Å²) in [6, 6.07) is 2.98. The third kappa shape index (κ3) is 2.31. The van der Waals surface area contributed by atoms with Gasteiger partial charge in [-0.3, -0.25) is 4.79 Å². The van der Waals surface area contributed by atoms with Crippen molar-refractivity contribution in [2.45, 2.75) is 20.1 Å². The molecule has 1 aliphatic heterocycles. The number of ether oxygens (including phenoxy) is 3. The molecule has 0 bridgehead atoms. The predicted molar refractivity (Wildman–Crippen MR) is 67.6 cm³/mol. The van der Waals surface area contributed by atoms with E-state index in [2.05, 4.69) is 6.58 Å². The zero-order valence-electron chi connectivity index (χ0n) is 11.0. The SMILES string of the molecule is C=C(C)C1OC(=O)c2cc(C(C)=O)cc(OC)c2O1. The lowest BCUT2D eigenvalue weighted by atomic mass is 10.0. The van der Waals surface area contributed by atoms with E-state index in [1.807, 2.05) is 0 Å². The molecule has 1 aromatic carbocycles. The molecule has 1 aromatic rings. The molecule has 0 fully saturated rings. The molecule has 2 rings (SSSR count). The summed E-state index contributed by atoms with van der Waals surface area (Å²) < 4.78 is 15.8. The van der Waals surface area contributed by atoms with Gasteiger partial charge >= 0.3 is 5.97 Å². The second-order valence-electron chi connectivity index (χ2n) is 4.31. The van der Waals surface area contributed by atoms with Gasteiger partial charge in [-0.25, -0.2) is 4.79 Å². The lowest BCUT2D eigenvalue weighted by Crippen LogP contribution is -2.31. The van der Waals surface area contributed by atoms with E-state index in [0.29, 0.717) is 16.9 Å². The van der Waals surface area contributed by atoms with Crippen molar-refractivity contribution >= 4 is 11.8 Å². The molecule has 1 aliphatic rings. The fourth-order valence-corrected chi connectivity index (χ4v) is 1.72. The maximum Gasteiger partial charge on any atom is 0.345 e. The van der Waals surface area contributed by atoms with E-state index >= 15 is 0 Å². The normalized spacial score (nSPS) is 17.0. The molecule has 19 heavy (non-hydrogen) atoms. The molecule has 0 amide bonds. The summed E-state index contributed by atoms with van der Waals surface area (Å²) in [7, 11) is 1.44. The molecule has 5 heteroatoms. The van der Waals surface area contributed by atoms with Crippen LogP contribution in [-0.4, -0.2) is 25.2 Å². The number of fused-ring (bicyclic) bond motifs is 1. The first kappa shape index (κ1) is 13.1. The van der Waals surface area contributed by atoms with Crippen LogP contribution >= 0.6 is 0 Å². The third-order valence-corrected chi connectivity index (χ3v) is 2.74. The van der Waals surface area contributed by atoms with E-state index < -0.39 is 12.3 Å². The Bertz CT molecular complexity index is 573. The van der Waals surface area contributed by atoms with Crippen molar-refractivity contribution in [2.75, 3.05) is 7.11 Å². The highest BCUT2D eigenvalue weighted by molar-refractivity contribution is 6.01. The van der Waals surface area contributed by atoms with Crippen LogP contribution in [0.1, 0.15) is 34.6 Å². The van der Waals surface area contributed by atoms with Crippen molar-refractivity contribution in [3.8, 4) is 11.5 Å². The lowest BCUT2D eigenvalue weighted by molar-refractivity contribution is -0.0401. The number of methoxy groups -OCH3 is 1. The number of carbonyl (C=O) groups excluding carboxylic acids is 2. The van der Waals surface area contributed by atoms with E-state index in [1.165, 1.54) is 26.2 Å². The summed E-state index contributed by atoms with van der Waals surface area (Å²) in [4.78, 5) is 23.3. The van der Waals surface area contributed by atoms with Gasteiger partial charge < -0.3 is 14.2 Å².